The minimum atomic E-state index is 0.0228. The molecule has 25 heavy (non-hydrogen) atoms. The highest BCUT2D eigenvalue weighted by Gasteiger charge is 2.34. The molecule has 1 aromatic carbocycles. The summed E-state index contributed by atoms with van der Waals surface area (Å²) < 4.78 is 0. The van der Waals surface area contributed by atoms with Crippen LogP contribution in [0.25, 0.3) is 0 Å². The van der Waals surface area contributed by atoms with Crippen molar-refractivity contribution in [2.45, 2.75) is 52.4 Å². The van der Waals surface area contributed by atoms with Crippen molar-refractivity contribution in [3.63, 3.8) is 0 Å². The number of hydrogen-bond acceptors (Lipinski definition) is 2. The number of carbonyl (C=O) groups excluding carboxylic acids is 2. The summed E-state index contributed by atoms with van der Waals surface area (Å²) in [5.74, 6) is 0.650. The van der Waals surface area contributed by atoms with Gasteiger partial charge in [-0.3, -0.25) is 9.59 Å². The fourth-order valence-corrected chi connectivity index (χ4v) is 3.42. The molecule has 4 nitrogen and oxygen atoms in total. The highest BCUT2D eigenvalue weighted by Crippen LogP contribution is 2.31. The lowest BCUT2D eigenvalue weighted by Crippen LogP contribution is -2.38. The van der Waals surface area contributed by atoms with Crippen LogP contribution in [0.3, 0.4) is 0 Å². The molecule has 0 radical (unpaired) electrons. The van der Waals surface area contributed by atoms with E-state index in [0.29, 0.717) is 19.0 Å². The van der Waals surface area contributed by atoms with E-state index in [4.69, 9.17) is 0 Å². The van der Waals surface area contributed by atoms with Gasteiger partial charge in [0.25, 0.3) is 5.91 Å². The average Bonchev–Trinajstić information content (AvgIpc) is 3.39. The summed E-state index contributed by atoms with van der Waals surface area (Å²) in [5, 5.41) is 0. The molecule has 2 aliphatic rings. The summed E-state index contributed by atoms with van der Waals surface area (Å²) in [7, 11) is 0. The van der Waals surface area contributed by atoms with Crippen molar-refractivity contribution in [3.8, 4) is 0 Å². The maximum atomic E-state index is 13.1. The first-order valence-electron chi connectivity index (χ1n) is 9.46. The van der Waals surface area contributed by atoms with Crippen molar-refractivity contribution in [2.75, 3.05) is 26.2 Å². The van der Waals surface area contributed by atoms with E-state index in [0.717, 1.165) is 43.5 Å². The van der Waals surface area contributed by atoms with Crippen LogP contribution in [0.5, 0.6) is 0 Å². The lowest BCUT2D eigenvalue weighted by atomic mass is 9.85. The van der Waals surface area contributed by atoms with Gasteiger partial charge in [0, 0.05) is 37.7 Å². The molecule has 4 heteroatoms. The number of amides is 2. The molecule has 2 amide bonds. The predicted molar refractivity (Wildman–Crippen MR) is 99.7 cm³/mol. The molecule has 1 saturated carbocycles. The van der Waals surface area contributed by atoms with Gasteiger partial charge < -0.3 is 9.80 Å². The number of benzene rings is 1. The fourth-order valence-electron chi connectivity index (χ4n) is 3.42. The smallest absolute Gasteiger partial charge is 0.254 e. The van der Waals surface area contributed by atoms with Crippen molar-refractivity contribution in [2.24, 2.45) is 5.92 Å². The standard InChI is InChI=1S/C21H30N2O2/c1-15-6-9-17(21(2,3)4)14-18(15)20(25)23-11-5-10-22(12-13-23)19(24)16-7-8-16/h6,9,14,16H,5,7-8,10-13H2,1-4H3. The normalized spacial score (nSPS) is 18.9. The zero-order valence-corrected chi connectivity index (χ0v) is 16.0. The quantitative estimate of drug-likeness (QED) is 0.827. The number of rotatable bonds is 2. The Morgan fingerprint density at radius 3 is 2.28 bits per heavy atom. The molecular formula is C21H30N2O2. The van der Waals surface area contributed by atoms with E-state index in [1.165, 1.54) is 5.56 Å². The molecule has 1 aliphatic carbocycles. The molecule has 136 valence electrons. The highest BCUT2D eigenvalue weighted by molar-refractivity contribution is 5.96. The SMILES string of the molecule is Cc1ccc(C(C)(C)C)cc1C(=O)N1CCCN(C(=O)C2CC2)CC1. The Balaban J connectivity index is 1.73. The molecule has 0 aromatic heterocycles. The number of carbonyl (C=O) groups is 2. The molecule has 3 rings (SSSR count). The van der Waals surface area contributed by atoms with Gasteiger partial charge in [-0.25, -0.2) is 0 Å². The van der Waals surface area contributed by atoms with Gasteiger partial charge in [-0.15, -0.1) is 0 Å². The van der Waals surface area contributed by atoms with E-state index >= 15 is 0 Å². The minimum absolute atomic E-state index is 0.0228. The molecule has 1 aliphatic heterocycles. The Bertz CT molecular complexity index is 671. The summed E-state index contributed by atoms with van der Waals surface area (Å²) >= 11 is 0. The second-order valence-corrected chi connectivity index (χ2v) is 8.53. The van der Waals surface area contributed by atoms with Gasteiger partial charge in [-0.05, 0) is 48.8 Å². The largest absolute Gasteiger partial charge is 0.341 e. The van der Waals surface area contributed by atoms with Crippen LogP contribution in [0, 0.1) is 12.8 Å². The van der Waals surface area contributed by atoms with Gasteiger partial charge >= 0.3 is 0 Å². The van der Waals surface area contributed by atoms with Crippen molar-refractivity contribution < 1.29 is 9.59 Å². The lowest BCUT2D eigenvalue weighted by molar-refractivity contribution is -0.132. The van der Waals surface area contributed by atoms with Crippen molar-refractivity contribution in [3.05, 3.63) is 34.9 Å². The number of aryl methyl sites for hydroxylation is 1. The van der Waals surface area contributed by atoms with Crippen LogP contribution in [0.1, 0.15) is 61.5 Å². The third-order valence-electron chi connectivity index (χ3n) is 5.36. The highest BCUT2D eigenvalue weighted by atomic mass is 16.2. The Morgan fingerprint density at radius 2 is 1.64 bits per heavy atom. The first-order valence-corrected chi connectivity index (χ1v) is 9.46. The van der Waals surface area contributed by atoms with Crippen LogP contribution in [0.4, 0.5) is 0 Å². The van der Waals surface area contributed by atoms with Crippen LogP contribution in [0.2, 0.25) is 0 Å². The summed E-state index contributed by atoms with van der Waals surface area (Å²) in [6.45, 7) is 11.3. The van der Waals surface area contributed by atoms with Crippen LogP contribution in [0.15, 0.2) is 18.2 Å². The number of nitrogens with zero attached hydrogens (tertiary/aromatic N) is 2. The van der Waals surface area contributed by atoms with Crippen LogP contribution < -0.4 is 0 Å². The topological polar surface area (TPSA) is 40.6 Å². The summed E-state index contributed by atoms with van der Waals surface area (Å²) in [6.07, 6.45) is 2.94. The van der Waals surface area contributed by atoms with E-state index in [9.17, 15) is 9.59 Å². The van der Waals surface area contributed by atoms with Crippen LogP contribution in [-0.2, 0) is 10.2 Å². The van der Waals surface area contributed by atoms with E-state index in [1.54, 1.807) is 0 Å². The van der Waals surface area contributed by atoms with Gasteiger partial charge in [0.05, 0.1) is 0 Å². The second kappa shape index (κ2) is 6.81. The van der Waals surface area contributed by atoms with Gasteiger partial charge in [0.15, 0.2) is 0 Å². The van der Waals surface area contributed by atoms with E-state index in [-0.39, 0.29) is 17.2 Å². The molecule has 1 heterocycles. The molecule has 2 fully saturated rings. The Hall–Kier alpha value is -1.84. The van der Waals surface area contributed by atoms with Crippen LogP contribution >= 0.6 is 0 Å². The number of hydrogen-bond donors (Lipinski definition) is 0. The zero-order chi connectivity index (χ0) is 18.2. The Morgan fingerprint density at radius 1 is 1.00 bits per heavy atom. The van der Waals surface area contributed by atoms with Crippen molar-refractivity contribution >= 4 is 11.8 Å². The summed E-state index contributed by atoms with van der Waals surface area (Å²) in [4.78, 5) is 29.3. The fraction of sp³-hybridized carbons (Fsp3) is 0.619. The zero-order valence-electron chi connectivity index (χ0n) is 16.0. The molecule has 1 saturated heterocycles. The van der Waals surface area contributed by atoms with Gasteiger partial charge in [0.2, 0.25) is 5.91 Å². The maximum absolute atomic E-state index is 13.1. The van der Waals surface area contributed by atoms with Gasteiger partial charge in [0.1, 0.15) is 0 Å². The first kappa shape index (κ1) is 18.0. The molecule has 1 aromatic rings. The second-order valence-electron chi connectivity index (χ2n) is 8.53. The van der Waals surface area contributed by atoms with E-state index in [2.05, 4.69) is 39.0 Å². The Kier molecular flexibility index (Phi) is 4.90. The third-order valence-corrected chi connectivity index (χ3v) is 5.36. The van der Waals surface area contributed by atoms with Gasteiger partial charge in [-0.2, -0.15) is 0 Å². The average molecular weight is 342 g/mol. The Labute approximate surface area is 151 Å². The minimum Gasteiger partial charge on any atom is -0.341 e. The van der Waals surface area contributed by atoms with E-state index < -0.39 is 0 Å². The molecule has 0 bridgehead atoms. The molecule has 0 atom stereocenters. The molecular weight excluding hydrogens is 312 g/mol. The third kappa shape index (κ3) is 4.05. The summed E-state index contributed by atoms with van der Waals surface area (Å²) in [6, 6.07) is 6.22. The lowest BCUT2D eigenvalue weighted by Gasteiger charge is -2.25. The molecule has 0 spiro atoms. The first-order chi connectivity index (χ1) is 11.8. The molecule has 0 N–H and O–H groups in total. The van der Waals surface area contributed by atoms with Crippen LogP contribution in [-0.4, -0.2) is 47.8 Å². The maximum Gasteiger partial charge on any atom is 0.254 e. The molecule has 0 unspecified atom stereocenters. The van der Waals surface area contributed by atoms with E-state index in [1.807, 2.05) is 16.7 Å². The van der Waals surface area contributed by atoms with Gasteiger partial charge in [-0.1, -0.05) is 32.9 Å². The van der Waals surface area contributed by atoms with Crippen molar-refractivity contribution in [1.29, 1.82) is 0 Å². The monoisotopic (exact) mass is 342 g/mol. The van der Waals surface area contributed by atoms with Crippen molar-refractivity contribution in [1.82, 2.24) is 9.80 Å². The predicted octanol–water partition coefficient (Wildman–Crippen LogP) is 3.38. The summed E-state index contributed by atoms with van der Waals surface area (Å²) in [5.41, 5.74) is 3.03.